The van der Waals surface area contributed by atoms with Crippen molar-refractivity contribution in [2.45, 2.75) is 322 Å². The summed E-state index contributed by atoms with van der Waals surface area (Å²) in [6, 6.07) is 0. The average Bonchev–Trinajstić information content (AvgIpc) is 3.45. The zero-order valence-corrected chi connectivity index (χ0v) is 51.9. The lowest BCUT2D eigenvalue weighted by Gasteiger charge is -2.18. The van der Waals surface area contributed by atoms with Crippen LogP contribution in [0.15, 0.2) is 109 Å². The van der Waals surface area contributed by atoms with E-state index >= 15 is 0 Å². The van der Waals surface area contributed by atoms with Crippen LogP contribution in [0.3, 0.4) is 0 Å². The van der Waals surface area contributed by atoms with Crippen LogP contribution in [-0.2, 0) is 28.6 Å². The predicted molar refractivity (Wildman–Crippen MR) is 343 cm³/mol. The highest BCUT2D eigenvalue weighted by Crippen LogP contribution is 2.17. The minimum Gasteiger partial charge on any atom is -0.462 e. The smallest absolute Gasteiger partial charge is 0.306 e. The first kappa shape index (κ1) is 75.1. The number of unbranched alkanes of at least 4 members (excludes halogenated alkanes) is 31. The number of hydrogen-bond acceptors (Lipinski definition) is 6. The molecule has 0 heterocycles. The van der Waals surface area contributed by atoms with Crippen molar-refractivity contribution in [3.8, 4) is 0 Å². The van der Waals surface area contributed by atoms with Crippen LogP contribution in [0.5, 0.6) is 0 Å². The maximum atomic E-state index is 12.9. The quantitative estimate of drug-likeness (QED) is 0.0261. The van der Waals surface area contributed by atoms with Gasteiger partial charge in [-0.25, -0.2) is 0 Å². The number of rotatable bonds is 60. The molecular weight excluding hydrogens is 973 g/mol. The number of carbonyl (C=O) groups is 3. The van der Waals surface area contributed by atoms with Gasteiger partial charge in [-0.05, 0) is 122 Å². The van der Waals surface area contributed by atoms with E-state index in [1.807, 2.05) is 0 Å². The molecule has 0 aromatic carbocycles. The molecule has 0 bridgehead atoms. The Morgan fingerprint density at radius 1 is 0.266 bits per heavy atom. The minimum atomic E-state index is -0.794. The number of carbonyl (C=O) groups excluding carboxylic acids is 3. The van der Waals surface area contributed by atoms with Crippen LogP contribution < -0.4 is 0 Å². The maximum absolute atomic E-state index is 12.9. The summed E-state index contributed by atoms with van der Waals surface area (Å²) in [6.45, 7) is 6.39. The van der Waals surface area contributed by atoms with Crippen molar-refractivity contribution in [2.75, 3.05) is 13.2 Å². The molecule has 79 heavy (non-hydrogen) atoms. The lowest BCUT2D eigenvalue weighted by Crippen LogP contribution is -2.30. The Balaban J connectivity index is 4.22. The summed E-state index contributed by atoms with van der Waals surface area (Å²) in [4.78, 5) is 38.3. The molecule has 0 aliphatic carbocycles. The third kappa shape index (κ3) is 64.8. The first-order valence-electron chi connectivity index (χ1n) is 33.4. The van der Waals surface area contributed by atoms with Gasteiger partial charge in [-0.2, -0.15) is 0 Å². The largest absolute Gasteiger partial charge is 0.462 e. The van der Waals surface area contributed by atoms with Crippen molar-refractivity contribution in [2.24, 2.45) is 0 Å². The molecule has 1 atom stereocenters. The summed E-state index contributed by atoms with van der Waals surface area (Å²) in [5, 5.41) is 0. The van der Waals surface area contributed by atoms with Gasteiger partial charge in [0, 0.05) is 19.3 Å². The maximum Gasteiger partial charge on any atom is 0.306 e. The summed E-state index contributed by atoms with van der Waals surface area (Å²) in [5.41, 5.74) is 0. The van der Waals surface area contributed by atoms with Gasteiger partial charge in [-0.3, -0.25) is 14.4 Å². The van der Waals surface area contributed by atoms with E-state index in [-0.39, 0.29) is 31.1 Å². The summed E-state index contributed by atoms with van der Waals surface area (Å²) < 4.78 is 16.9. The van der Waals surface area contributed by atoms with Crippen molar-refractivity contribution in [1.82, 2.24) is 0 Å². The van der Waals surface area contributed by atoms with Crippen LogP contribution in [-0.4, -0.2) is 37.2 Å². The van der Waals surface area contributed by atoms with E-state index in [0.29, 0.717) is 19.3 Å². The predicted octanol–water partition coefficient (Wildman–Crippen LogP) is 23.0. The molecule has 6 nitrogen and oxygen atoms in total. The second-order valence-electron chi connectivity index (χ2n) is 22.0. The van der Waals surface area contributed by atoms with Crippen LogP contribution in [0.2, 0.25) is 0 Å². The standard InChI is InChI=1S/C73H124O6/c1-4-7-10-13-16-19-22-25-28-29-30-31-32-33-34-35-36-37-38-39-40-41-42-43-46-48-51-54-57-60-63-66-72(75)78-69-70(79-73(76)67-64-61-58-55-52-49-45-27-24-21-18-15-12-9-6-3)68-77-71(74)65-62-59-56-53-50-47-44-26-23-20-17-14-11-8-5-2/h7,9-10,12,16-21,25-28,30-31,44-45,70H,4-6,8,11,13-15,22-24,29,32-43,46-69H2,1-3H3/b10-7-,12-9-,19-16-,20-17-,21-18-,28-25-,31-30-,44-26-,45-27-. The lowest BCUT2D eigenvalue weighted by atomic mass is 10.0. The molecule has 0 fully saturated rings. The zero-order valence-electron chi connectivity index (χ0n) is 51.9. The Morgan fingerprint density at radius 3 is 0.772 bits per heavy atom. The van der Waals surface area contributed by atoms with Gasteiger partial charge >= 0.3 is 17.9 Å². The van der Waals surface area contributed by atoms with Gasteiger partial charge in [0.1, 0.15) is 13.2 Å². The van der Waals surface area contributed by atoms with E-state index in [4.69, 9.17) is 14.2 Å². The van der Waals surface area contributed by atoms with Gasteiger partial charge in [0.25, 0.3) is 0 Å². The Morgan fingerprint density at radius 2 is 0.494 bits per heavy atom. The van der Waals surface area contributed by atoms with Crippen molar-refractivity contribution in [1.29, 1.82) is 0 Å². The molecule has 0 aromatic heterocycles. The first-order valence-corrected chi connectivity index (χ1v) is 33.4. The fourth-order valence-electron chi connectivity index (χ4n) is 9.30. The average molecular weight is 1100 g/mol. The molecule has 0 aliphatic rings. The Labute approximate surface area is 489 Å². The summed E-state index contributed by atoms with van der Waals surface area (Å²) in [7, 11) is 0. The zero-order chi connectivity index (χ0) is 57.1. The molecule has 6 heteroatoms. The second kappa shape index (κ2) is 66.6. The fourth-order valence-corrected chi connectivity index (χ4v) is 9.30. The van der Waals surface area contributed by atoms with E-state index < -0.39 is 6.10 Å². The summed E-state index contributed by atoms with van der Waals surface area (Å²) in [6.07, 6.45) is 91.1. The van der Waals surface area contributed by atoms with Gasteiger partial charge in [0.2, 0.25) is 0 Å². The van der Waals surface area contributed by atoms with Gasteiger partial charge in [0.15, 0.2) is 6.10 Å². The van der Waals surface area contributed by atoms with Crippen LogP contribution in [0.1, 0.15) is 316 Å². The third-order valence-electron chi connectivity index (χ3n) is 14.2. The molecule has 0 spiro atoms. The highest BCUT2D eigenvalue weighted by Gasteiger charge is 2.19. The van der Waals surface area contributed by atoms with Crippen molar-refractivity contribution >= 4 is 17.9 Å². The van der Waals surface area contributed by atoms with Crippen molar-refractivity contribution in [3.05, 3.63) is 109 Å². The van der Waals surface area contributed by atoms with E-state index in [1.54, 1.807) is 0 Å². The highest BCUT2D eigenvalue weighted by molar-refractivity contribution is 5.71. The molecule has 0 rings (SSSR count). The summed E-state index contributed by atoms with van der Waals surface area (Å²) >= 11 is 0. The SMILES string of the molecule is CC/C=C\C/C=C\C/C=C\C/C=C\CCCCCCCCCCCCCCCCCCCCC(=O)OCC(COC(=O)CCCCCCC/C=C\C/C=C\CCCCC)OC(=O)CCCCCCC/C=C\C/C=C\C/C=C\CC. The monoisotopic (exact) mass is 1100 g/mol. The molecule has 1 unspecified atom stereocenters. The molecule has 0 amide bonds. The van der Waals surface area contributed by atoms with E-state index in [1.165, 1.54) is 128 Å². The van der Waals surface area contributed by atoms with E-state index in [2.05, 4.69) is 130 Å². The topological polar surface area (TPSA) is 78.9 Å². The van der Waals surface area contributed by atoms with Crippen LogP contribution in [0.4, 0.5) is 0 Å². The molecule has 0 saturated carbocycles. The molecule has 0 aliphatic heterocycles. The van der Waals surface area contributed by atoms with Crippen LogP contribution >= 0.6 is 0 Å². The first-order chi connectivity index (χ1) is 39.0. The van der Waals surface area contributed by atoms with E-state index in [0.717, 1.165) is 148 Å². The molecule has 0 saturated heterocycles. The van der Waals surface area contributed by atoms with Crippen molar-refractivity contribution < 1.29 is 28.6 Å². The number of esters is 3. The second-order valence-corrected chi connectivity index (χ2v) is 22.0. The Kier molecular flexibility index (Phi) is 63.3. The minimum absolute atomic E-state index is 0.0879. The summed E-state index contributed by atoms with van der Waals surface area (Å²) in [5.74, 6) is -0.909. The third-order valence-corrected chi connectivity index (χ3v) is 14.2. The van der Waals surface area contributed by atoms with Gasteiger partial charge in [-0.1, -0.05) is 284 Å². The van der Waals surface area contributed by atoms with Crippen molar-refractivity contribution in [3.63, 3.8) is 0 Å². The van der Waals surface area contributed by atoms with Crippen LogP contribution in [0.25, 0.3) is 0 Å². The lowest BCUT2D eigenvalue weighted by molar-refractivity contribution is -0.167. The molecule has 0 radical (unpaired) electrons. The molecule has 0 aromatic rings. The Hall–Kier alpha value is -3.93. The molecule has 452 valence electrons. The number of ether oxygens (including phenoxy) is 3. The van der Waals surface area contributed by atoms with Gasteiger partial charge in [0.05, 0.1) is 0 Å². The molecular formula is C73H124O6. The highest BCUT2D eigenvalue weighted by atomic mass is 16.6. The fraction of sp³-hybridized carbons (Fsp3) is 0.712. The Bertz CT molecular complexity index is 1590. The normalized spacial score (nSPS) is 12.8. The van der Waals surface area contributed by atoms with Crippen LogP contribution in [0, 0.1) is 0 Å². The number of allylic oxidation sites excluding steroid dienone is 18. The van der Waals surface area contributed by atoms with E-state index in [9.17, 15) is 14.4 Å². The van der Waals surface area contributed by atoms with Gasteiger partial charge in [-0.15, -0.1) is 0 Å². The molecule has 0 N–H and O–H groups in total. The van der Waals surface area contributed by atoms with Gasteiger partial charge < -0.3 is 14.2 Å². The number of hydrogen-bond donors (Lipinski definition) is 0.